The predicted octanol–water partition coefficient (Wildman–Crippen LogP) is 5.09. The zero-order valence-corrected chi connectivity index (χ0v) is 16.5. The highest BCUT2D eigenvalue weighted by atomic mass is 35.5. The highest BCUT2D eigenvalue weighted by molar-refractivity contribution is 6.32. The number of carbonyl (C=O) groups excluding carboxylic acids is 1. The van der Waals surface area contributed by atoms with Crippen LogP contribution in [0.5, 0.6) is 5.75 Å². The number of carbonyl (C=O) groups is 1. The van der Waals surface area contributed by atoms with Gasteiger partial charge in [-0.1, -0.05) is 48.9 Å². The molecule has 1 amide bonds. The normalized spacial score (nSPS) is 20.5. The molecular weight excluding hydrogens is 383 g/mol. The second kappa shape index (κ2) is 8.52. The van der Waals surface area contributed by atoms with Gasteiger partial charge in [0, 0.05) is 19.2 Å². The quantitative estimate of drug-likeness (QED) is 0.694. The van der Waals surface area contributed by atoms with Gasteiger partial charge in [0.05, 0.1) is 5.02 Å². The van der Waals surface area contributed by atoms with Gasteiger partial charge in [-0.05, 0) is 36.5 Å². The van der Waals surface area contributed by atoms with Crippen molar-refractivity contribution in [2.24, 2.45) is 11.8 Å². The topological polar surface area (TPSA) is 55.6 Å². The Kier molecular flexibility index (Phi) is 5.85. The molecule has 5 nitrogen and oxygen atoms in total. The SMILES string of the molecule is O=C(c1cc(COc2ccc(F)cc2Cl)on1)N1CC[C@H](C2CCCCC2)C1. The number of halogens is 2. The second-order valence-corrected chi connectivity index (χ2v) is 8.15. The van der Waals surface area contributed by atoms with Crippen LogP contribution in [-0.2, 0) is 6.61 Å². The van der Waals surface area contributed by atoms with Crippen LogP contribution in [0.25, 0.3) is 0 Å². The van der Waals surface area contributed by atoms with E-state index in [1.807, 2.05) is 4.90 Å². The Morgan fingerprint density at radius 3 is 2.82 bits per heavy atom. The molecule has 1 aliphatic carbocycles. The lowest BCUT2D eigenvalue weighted by Gasteiger charge is -2.27. The van der Waals surface area contributed by atoms with E-state index in [-0.39, 0.29) is 17.5 Å². The predicted molar refractivity (Wildman–Crippen MR) is 103 cm³/mol. The standard InChI is InChI=1S/C21H24ClFN2O3/c22-18-10-16(23)6-7-20(18)27-13-17-11-19(24-28-17)21(26)25-9-8-15(12-25)14-4-2-1-3-5-14/h6-7,10-11,14-15H,1-5,8-9,12-13H2/t15-/m0/s1. The van der Waals surface area contributed by atoms with Gasteiger partial charge >= 0.3 is 0 Å². The molecule has 2 aliphatic rings. The average Bonchev–Trinajstić information content (AvgIpc) is 3.37. The number of aromatic nitrogens is 1. The lowest BCUT2D eigenvalue weighted by molar-refractivity contribution is 0.0769. The van der Waals surface area contributed by atoms with Gasteiger partial charge in [-0.3, -0.25) is 4.79 Å². The third kappa shape index (κ3) is 4.32. The molecule has 0 spiro atoms. The molecule has 150 valence electrons. The highest BCUT2D eigenvalue weighted by Gasteiger charge is 2.33. The van der Waals surface area contributed by atoms with E-state index in [2.05, 4.69) is 5.16 Å². The van der Waals surface area contributed by atoms with Crippen molar-refractivity contribution in [2.45, 2.75) is 45.1 Å². The molecule has 1 aliphatic heterocycles. The van der Waals surface area contributed by atoms with E-state index in [4.69, 9.17) is 20.9 Å². The minimum atomic E-state index is -0.429. The van der Waals surface area contributed by atoms with E-state index in [9.17, 15) is 9.18 Å². The molecule has 0 bridgehead atoms. The fourth-order valence-corrected chi connectivity index (χ4v) is 4.57. The third-order valence-corrected chi connectivity index (χ3v) is 6.17. The largest absolute Gasteiger partial charge is 0.484 e. The number of likely N-dealkylation sites (tertiary alicyclic amines) is 1. The van der Waals surface area contributed by atoms with E-state index < -0.39 is 5.82 Å². The van der Waals surface area contributed by atoms with Crippen molar-refractivity contribution in [3.8, 4) is 5.75 Å². The number of hydrogen-bond donors (Lipinski definition) is 0. The van der Waals surface area contributed by atoms with Crippen LogP contribution in [0.3, 0.4) is 0 Å². The summed E-state index contributed by atoms with van der Waals surface area (Å²) < 4.78 is 23.9. The van der Waals surface area contributed by atoms with Gasteiger partial charge in [-0.25, -0.2) is 4.39 Å². The molecule has 2 heterocycles. The Hall–Kier alpha value is -2.08. The summed E-state index contributed by atoms with van der Waals surface area (Å²) in [5.74, 6) is 1.62. The van der Waals surface area contributed by atoms with Crippen molar-refractivity contribution in [1.82, 2.24) is 10.1 Å². The van der Waals surface area contributed by atoms with Crippen LogP contribution in [-0.4, -0.2) is 29.1 Å². The van der Waals surface area contributed by atoms with Crippen molar-refractivity contribution >= 4 is 17.5 Å². The van der Waals surface area contributed by atoms with Gasteiger partial charge in [-0.15, -0.1) is 0 Å². The minimum absolute atomic E-state index is 0.0658. The number of rotatable bonds is 5. The van der Waals surface area contributed by atoms with E-state index >= 15 is 0 Å². The molecular formula is C21H24ClFN2O3. The van der Waals surface area contributed by atoms with Gasteiger partial charge in [0.2, 0.25) is 0 Å². The summed E-state index contributed by atoms with van der Waals surface area (Å²) in [6, 6.07) is 5.51. The molecule has 0 N–H and O–H groups in total. The fraction of sp³-hybridized carbons (Fsp3) is 0.524. The van der Waals surface area contributed by atoms with Crippen LogP contribution in [0.1, 0.15) is 54.8 Å². The van der Waals surface area contributed by atoms with E-state index in [0.717, 1.165) is 25.4 Å². The summed E-state index contributed by atoms with van der Waals surface area (Å²) >= 11 is 5.94. The van der Waals surface area contributed by atoms with Crippen molar-refractivity contribution in [3.05, 3.63) is 46.6 Å². The van der Waals surface area contributed by atoms with Crippen LogP contribution in [0.4, 0.5) is 4.39 Å². The number of benzene rings is 1. The maximum atomic E-state index is 13.1. The van der Waals surface area contributed by atoms with Gasteiger partial charge in [-0.2, -0.15) is 0 Å². The molecule has 1 saturated carbocycles. The van der Waals surface area contributed by atoms with Gasteiger partial charge in [0.15, 0.2) is 11.5 Å². The molecule has 1 saturated heterocycles. The zero-order chi connectivity index (χ0) is 19.5. The van der Waals surface area contributed by atoms with E-state index in [1.165, 1.54) is 50.3 Å². The number of nitrogens with zero attached hydrogens (tertiary/aromatic N) is 2. The average molecular weight is 407 g/mol. The molecule has 0 radical (unpaired) electrons. The maximum absolute atomic E-state index is 13.1. The lowest BCUT2D eigenvalue weighted by Crippen LogP contribution is -2.30. The number of hydrogen-bond acceptors (Lipinski definition) is 4. The fourth-order valence-electron chi connectivity index (χ4n) is 4.35. The van der Waals surface area contributed by atoms with Crippen LogP contribution >= 0.6 is 11.6 Å². The first-order chi connectivity index (χ1) is 13.6. The first kappa shape index (κ1) is 19.2. The smallest absolute Gasteiger partial charge is 0.276 e. The first-order valence-corrected chi connectivity index (χ1v) is 10.3. The molecule has 2 fully saturated rings. The second-order valence-electron chi connectivity index (χ2n) is 7.74. The first-order valence-electron chi connectivity index (χ1n) is 9.93. The summed E-state index contributed by atoms with van der Waals surface area (Å²) in [7, 11) is 0. The summed E-state index contributed by atoms with van der Waals surface area (Å²) in [5, 5.41) is 4.09. The number of amides is 1. The monoisotopic (exact) mass is 406 g/mol. The van der Waals surface area contributed by atoms with Crippen molar-refractivity contribution < 1.29 is 18.4 Å². The molecule has 1 atom stereocenters. The van der Waals surface area contributed by atoms with Crippen LogP contribution < -0.4 is 4.74 Å². The summed E-state index contributed by atoms with van der Waals surface area (Å²) in [5.41, 5.74) is 0.299. The van der Waals surface area contributed by atoms with E-state index in [1.54, 1.807) is 6.07 Å². The molecule has 1 aromatic carbocycles. The molecule has 1 aromatic heterocycles. The molecule has 2 aromatic rings. The molecule has 0 unspecified atom stereocenters. The van der Waals surface area contributed by atoms with Gasteiger partial charge in [0.25, 0.3) is 5.91 Å². The Bertz CT molecular complexity index is 835. The molecule has 7 heteroatoms. The summed E-state index contributed by atoms with van der Waals surface area (Å²) in [6.07, 6.45) is 7.65. The Morgan fingerprint density at radius 2 is 2.04 bits per heavy atom. The van der Waals surface area contributed by atoms with Crippen LogP contribution in [0, 0.1) is 17.7 Å². The van der Waals surface area contributed by atoms with Crippen LogP contribution in [0.2, 0.25) is 5.02 Å². The maximum Gasteiger partial charge on any atom is 0.276 e. The van der Waals surface area contributed by atoms with Gasteiger partial charge in [0.1, 0.15) is 18.2 Å². The van der Waals surface area contributed by atoms with Crippen molar-refractivity contribution in [2.75, 3.05) is 13.1 Å². The van der Waals surface area contributed by atoms with Gasteiger partial charge < -0.3 is 14.2 Å². The molecule has 28 heavy (non-hydrogen) atoms. The Balaban J connectivity index is 1.33. The van der Waals surface area contributed by atoms with Crippen molar-refractivity contribution in [1.29, 1.82) is 0 Å². The Labute approximate surface area is 168 Å². The van der Waals surface area contributed by atoms with Crippen molar-refractivity contribution in [3.63, 3.8) is 0 Å². The minimum Gasteiger partial charge on any atom is -0.484 e. The molecule has 4 rings (SSSR count). The van der Waals surface area contributed by atoms with E-state index in [0.29, 0.717) is 23.1 Å². The lowest BCUT2D eigenvalue weighted by atomic mass is 9.80. The number of ether oxygens (including phenoxy) is 1. The zero-order valence-electron chi connectivity index (χ0n) is 15.7. The van der Waals surface area contributed by atoms with Crippen LogP contribution in [0.15, 0.2) is 28.8 Å². The Morgan fingerprint density at radius 1 is 1.21 bits per heavy atom. The summed E-state index contributed by atoms with van der Waals surface area (Å²) in [4.78, 5) is 14.6. The summed E-state index contributed by atoms with van der Waals surface area (Å²) in [6.45, 7) is 1.66. The third-order valence-electron chi connectivity index (χ3n) is 5.87. The highest BCUT2D eigenvalue weighted by Crippen LogP contribution is 2.35.